The molecule has 0 spiro atoms. The number of aromatic nitrogens is 3. The molecule has 1 aliphatic heterocycles. The molecule has 0 saturated carbocycles. The third-order valence-corrected chi connectivity index (χ3v) is 4.23. The largest absolute Gasteiger partial charge is 0.393 e. The first-order valence-corrected chi connectivity index (χ1v) is 7.40. The molecule has 3 rings (SSSR count). The van der Waals surface area contributed by atoms with Crippen LogP contribution in [0, 0.1) is 19.8 Å². The molecule has 1 saturated heterocycles. The predicted molar refractivity (Wildman–Crippen MR) is 75.9 cm³/mol. The lowest BCUT2D eigenvalue weighted by Crippen LogP contribution is -2.44. The van der Waals surface area contributed by atoms with Gasteiger partial charge in [-0.25, -0.2) is 4.68 Å². The number of halogens is 3. The van der Waals surface area contributed by atoms with Gasteiger partial charge >= 0.3 is 6.18 Å². The maximum Gasteiger partial charge on any atom is 0.393 e. The number of alkyl halides is 3. The predicted octanol–water partition coefficient (Wildman–Crippen LogP) is 2.23. The van der Waals surface area contributed by atoms with E-state index in [9.17, 15) is 18.0 Å². The van der Waals surface area contributed by atoms with E-state index in [1.807, 2.05) is 0 Å². The van der Waals surface area contributed by atoms with Crippen molar-refractivity contribution < 1.29 is 17.7 Å². The topological polar surface area (TPSA) is 64.2 Å². The lowest BCUT2D eigenvalue weighted by molar-refractivity contribution is -0.188. The number of likely N-dealkylation sites (tertiary alicyclic amines) is 1. The second kappa shape index (κ2) is 5.63. The number of rotatable bonds is 2. The van der Waals surface area contributed by atoms with Gasteiger partial charge in [0.25, 0.3) is 5.56 Å². The summed E-state index contributed by atoms with van der Waals surface area (Å²) in [7, 11) is 0. The molecule has 0 amide bonds. The number of hydrogen-bond donors (Lipinski definition) is 0. The number of piperidine rings is 1. The highest BCUT2D eigenvalue weighted by atomic mass is 19.4. The zero-order chi connectivity index (χ0) is 16.8. The molecule has 0 aliphatic carbocycles. The van der Waals surface area contributed by atoms with E-state index < -0.39 is 17.7 Å². The summed E-state index contributed by atoms with van der Waals surface area (Å²) >= 11 is 0. The van der Waals surface area contributed by atoms with Crippen molar-refractivity contribution in [1.29, 1.82) is 0 Å². The second-order valence-electron chi connectivity index (χ2n) is 5.95. The Hall–Kier alpha value is -1.90. The lowest BCUT2D eigenvalue weighted by atomic mass is 9.98. The highest BCUT2D eigenvalue weighted by Crippen LogP contribution is 2.33. The van der Waals surface area contributed by atoms with E-state index in [1.165, 1.54) is 4.68 Å². The Morgan fingerprint density at radius 3 is 2.78 bits per heavy atom. The van der Waals surface area contributed by atoms with Crippen LogP contribution in [0.3, 0.4) is 0 Å². The van der Waals surface area contributed by atoms with Crippen LogP contribution in [0.15, 0.2) is 9.32 Å². The van der Waals surface area contributed by atoms with E-state index >= 15 is 0 Å². The third-order valence-electron chi connectivity index (χ3n) is 4.23. The zero-order valence-electron chi connectivity index (χ0n) is 12.9. The molecular weight excluding hydrogens is 313 g/mol. The van der Waals surface area contributed by atoms with Crippen molar-refractivity contribution >= 4 is 10.9 Å². The molecule has 1 fully saturated rings. The Morgan fingerprint density at radius 2 is 2.09 bits per heavy atom. The highest BCUT2D eigenvalue weighted by molar-refractivity contribution is 5.81. The molecule has 2 aromatic rings. The molecule has 3 heterocycles. The SMILES string of the molecule is Cc1nn(CN2CCC[C@@H](C(F)(F)F)C2)c(=O)c2noc(C)c12. The van der Waals surface area contributed by atoms with Crippen molar-refractivity contribution in [2.45, 2.75) is 39.5 Å². The third kappa shape index (κ3) is 2.97. The van der Waals surface area contributed by atoms with Gasteiger partial charge in [0.05, 0.1) is 23.7 Å². The van der Waals surface area contributed by atoms with Crippen LogP contribution in [0.1, 0.15) is 24.3 Å². The molecule has 126 valence electrons. The molecule has 0 radical (unpaired) electrons. The minimum Gasteiger partial charge on any atom is -0.360 e. The number of hydrogen-bond acceptors (Lipinski definition) is 5. The smallest absolute Gasteiger partial charge is 0.360 e. The molecule has 6 nitrogen and oxygen atoms in total. The van der Waals surface area contributed by atoms with Crippen molar-refractivity contribution in [1.82, 2.24) is 19.8 Å². The van der Waals surface area contributed by atoms with Crippen molar-refractivity contribution in [3.8, 4) is 0 Å². The van der Waals surface area contributed by atoms with E-state index in [1.54, 1.807) is 18.7 Å². The van der Waals surface area contributed by atoms with E-state index in [0.29, 0.717) is 29.8 Å². The van der Waals surface area contributed by atoms with Crippen LogP contribution in [-0.4, -0.2) is 39.1 Å². The van der Waals surface area contributed by atoms with E-state index in [4.69, 9.17) is 4.52 Å². The summed E-state index contributed by atoms with van der Waals surface area (Å²) < 4.78 is 44.8. The Labute approximate surface area is 129 Å². The van der Waals surface area contributed by atoms with Gasteiger partial charge in [-0.05, 0) is 33.2 Å². The van der Waals surface area contributed by atoms with Gasteiger partial charge in [-0.15, -0.1) is 0 Å². The Bertz CT molecular complexity index is 781. The molecular formula is C14H17F3N4O2. The van der Waals surface area contributed by atoms with Gasteiger partial charge in [0, 0.05) is 6.54 Å². The highest BCUT2D eigenvalue weighted by Gasteiger charge is 2.41. The Balaban J connectivity index is 1.87. The summed E-state index contributed by atoms with van der Waals surface area (Å²) in [6.45, 7) is 3.82. The molecule has 1 aliphatic rings. The van der Waals surface area contributed by atoms with Gasteiger partial charge in [0.2, 0.25) is 0 Å². The van der Waals surface area contributed by atoms with Crippen LogP contribution in [0.25, 0.3) is 10.9 Å². The van der Waals surface area contributed by atoms with Gasteiger partial charge in [0.15, 0.2) is 5.52 Å². The first-order valence-electron chi connectivity index (χ1n) is 7.40. The fourth-order valence-electron chi connectivity index (χ4n) is 3.08. The minimum absolute atomic E-state index is 0.0219. The zero-order valence-corrected chi connectivity index (χ0v) is 12.9. The van der Waals surface area contributed by atoms with Crippen LogP contribution in [0.5, 0.6) is 0 Å². The van der Waals surface area contributed by atoms with Crippen molar-refractivity contribution in [3.05, 3.63) is 21.8 Å². The van der Waals surface area contributed by atoms with Crippen LogP contribution < -0.4 is 5.56 Å². The van der Waals surface area contributed by atoms with E-state index in [2.05, 4.69) is 10.3 Å². The van der Waals surface area contributed by atoms with Crippen molar-refractivity contribution in [3.63, 3.8) is 0 Å². The van der Waals surface area contributed by atoms with Crippen LogP contribution in [0.4, 0.5) is 13.2 Å². The first-order chi connectivity index (χ1) is 10.8. The molecule has 0 unspecified atom stereocenters. The quantitative estimate of drug-likeness (QED) is 0.845. The first kappa shape index (κ1) is 16.0. The van der Waals surface area contributed by atoms with Gasteiger partial charge < -0.3 is 4.52 Å². The standard InChI is InChI=1S/C14H17F3N4O2/c1-8-11-9(2)23-19-12(11)13(22)21(18-8)7-20-5-3-4-10(6-20)14(15,16)17/h10H,3-7H2,1-2H3/t10-/m1/s1. The van der Waals surface area contributed by atoms with Gasteiger partial charge in [-0.1, -0.05) is 5.16 Å². The van der Waals surface area contributed by atoms with E-state index in [-0.39, 0.29) is 25.2 Å². The molecule has 1 atom stereocenters. The summed E-state index contributed by atoms with van der Waals surface area (Å²) in [4.78, 5) is 14.0. The molecule has 2 aromatic heterocycles. The number of fused-ring (bicyclic) bond motifs is 1. The van der Waals surface area contributed by atoms with Crippen LogP contribution >= 0.6 is 0 Å². The average molecular weight is 330 g/mol. The summed E-state index contributed by atoms with van der Waals surface area (Å²) in [6.07, 6.45) is -3.63. The van der Waals surface area contributed by atoms with Crippen molar-refractivity contribution in [2.75, 3.05) is 13.1 Å². The average Bonchev–Trinajstić information content (AvgIpc) is 2.86. The van der Waals surface area contributed by atoms with Crippen molar-refractivity contribution in [2.24, 2.45) is 5.92 Å². The van der Waals surface area contributed by atoms with Gasteiger partial charge in [0.1, 0.15) is 5.76 Å². The maximum absolute atomic E-state index is 12.9. The number of aryl methyl sites for hydroxylation is 2. The van der Waals surface area contributed by atoms with Gasteiger partial charge in [-0.2, -0.15) is 18.3 Å². The second-order valence-corrected chi connectivity index (χ2v) is 5.95. The normalized spacial score (nSPS) is 20.3. The molecule has 0 aromatic carbocycles. The summed E-state index contributed by atoms with van der Waals surface area (Å²) in [6, 6.07) is 0. The maximum atomic E-state index is 12.9. The fourth-order valence-corrected chi connectivity index (χ4v) is 3.08. The molecule has 23 heavy (non-hydrogen) atoms. The molecule has 9 heteroatoms. The minimum atomic E-state index is -4.21. The molecule has 0 bridgehead atoms. The Kier molecular flexibility index (Phi) is 3.91. The molecule has 0 N–H and O–H groups in total. The lowest BCUT2D eigenvalue weighted by Gasteiger charge is -2.33. The monoisotopic (exact) mass is 330 g/mol. The summed E-state index contributed by atoms with van der Waals surface area (Å²) in [5.74, 6) is -0.851. The number of nitrogens with zero attached hydrogens (tertiary/aromatic N) is 4. The van der Waals surface area contributed by atoms with E-state index in [0.717, 1.165) is 0 Å². The summed E-state index contributed by atoms with van der Waals surface area (Å²) in [5.41, 5.74) is 0.290. The van der Waals surface area contributed by atoms with Crippen LogP contribution in [-0.2, 0) is 6.67 Å². The van der Waals surface area contributed by atoms with Gasteiger partial charge in [-0.3, -0.25) is 9.69 Å². The van der Waals surface area contributed by atoms with Crippen LogP contribution in [0.2, 0.25) is 0 Å². The Morgan fingerprint density at radius 1 is 1.35 bits per heavy atom. The fraction of sp³-hybridized carbons (Fsp3) is 0.643. The summed E-state index contributed by atoms with van der Waals surface area (Å²) in [5, 5.41) is 8.50.